The molecule has 0 radical (unpaired) electrons. The van der Waals surface area contributed by atoms with Crippen LogP contribution in [0.15, 0.2) is 47.8 Å². The minimum absolute atomic E-state index is 0.179. The number of rotatable bonds is 5. The molecular weight excluding hydrogens is 385 g/mol. The van der Waals surface area contributed by atoms with Crippen LogP contribution < -0.4 is 15.8 Å². The maximum Gasteiger partial charge on any atom is 0.417 e. The summed E-state index contributed by atoms with van der Waals surface area (Å²) in [6, 6.07) is 8.55. The molecular formula is C17H12ClF3N4O2. The monoisotopic (exact) mass is 396 g/mol. The molecule has 1 heterocycles. The van der Waals surface area contributed by atoms with Gasteiger partial charge in [0.25, 0.3) is 5.91 Å². The number of nitriles is 1. The number of carbonyl (C=O) groups excluding carboxylic acids is 1. The third kappa shape index (κ3) is 5.12. The number of ether oxygens (including phenoxy) is 1. The second-order valence-electron chi connectivity index (χ2n) is 5.24. The van der Waals surface area contributed by atoms with E-state index in [-0.39, 0.29) is 27.9 Å². The average Bonchev–Trinajstić information content (AvgIpc) is 2.57. The van der Waals surface area contributed by atoms with Gasteiger partial charge < -0.3 is 15.8 Å². The zero-order chi connectivity index (χ0) is 20.2. The van der Waals surface area contributed by atoms with E-state index in [1.165, 1.54) is 19.1 Å². The number of nitrogens with zero attached hydrogens (tertiary/aromatic N) is 2. The molecule has 0 spiro atoms. The van der Waals surface area contributed by atoms with Crippen molar-refractivity contribution in [2.45, 2.75) is 13.1 Å². The summed E-state index contributed by atoms with van der Waals surface area (Å²) in [5, 5.41) is 11.4. The highest BCUT2D eigenvalue weighted by Gasteiger charge is 2.31. The fourth-order valence-electron chi connectivity index (χ4n) is 1.98. The van der Waals surface area contributed by atoms with Crippen LogP contribution in [0, 0.1) is 11.3 Å². The van der Waals surface area contributed by atoms with Crippen molar-refractivity contribution < 1.29 is 22.7 Å². The maximum absolute atomic E-state index is 12.6. The van der Waals surface area contributed by atoms with E-state index in [0.29, 0.717) is 11.9 Å². The predicted molar refractivity (Wildman–Crippen MR) is 91.9 cm³/mol. The first-order valence-electron chi connectivity index (χ1n) is 7.30. The fourth-order valence-corrected chi connectivity index (χ4v) is 2.18. The molecule has 0 bridgehead atoms. The van der Waals surface area contributed by atoms with Crippen LogP contribution in [-0.2, 0) is 11.0 Å². The maximum atomic E-state index is 12.6. The van der Waals surface area contributed by atoms with Crippen LogP contribution in [-0.4, -0.2) is 10.9 Å². The van der Waals surface area contributed by atoms with Gasteiger partial charge >= 0.3 is 6.18 Å². The first-order chi connectivity index (χ1) is 12.6. The van der Waals surface area contributed by atoms with Crippen LogP contribution in [0.25, 0.3) is 0 Å². The normalized spacial score (nSPS) is 12.0. The van der Waals surface area contributed by atoms with Gasteiger partial charge in [-0.25, -0.2) is 4.98 Å². The van der Waals surface area contributed by atoms with Crippen LogP contribution in [0.1, 0.15) is 12.5 Å². The number of allylic oxidation sites excluding steroid dienone is 1. The molecule has 2 aromatic rings. The number of nitrogens with two attached hydrogens (primary N) is 1. The van der Waals surface area contributed by atoms with E-state index >= 15 is 0 Å². The van der Waals surface area contributed by atoms with Crippen molar-refractivity contribution in [2.24, 2.45) is 5.73 Å². The lowest BCUT2D eigenvalue weighted by Gasteiger charge is -2.11. The topological polar surface area (TPSA) is 101 Å². The molecule has 0 saturated heterocycles. The Bertz CT molecular complexity index is 935. The number of amides is 1. The minimum Gasteiger partial charge on any atom is -0.438 e. The minimum atomic E-state index is -4.55. The number of nitrogens with one attached hydrogen (secondary N) is 1. The summed E-state index contributed by atoms with van der Waals surface area (Å²) in [5.74, 6) is -0.765. The molecule has 1 aromatic carbocycles. The number of primary amides is 1. The van der Waals surface area contributed by atoms with Gasteiger partial charge in [0.05, 0.1) is 5.56 Å². The molecule has 0 atom stereocenters. The highest BCUT2D eigenvalue weighted by molar-refractivity contribution is 6.31. The number of hydrogen-bond donors (Lipinski definition) is 2. The quantitative estimate of drug-likeness (QED) is 0.581. The molecule has 0 aliphatic heterocycles. The summed E-state index contributed by atoms with van der Waals surface area (Å²) < 4.78 is 43.2. The van der Waals surface area contributed by atoms with Crippen molar-refractivity contribution in [3.05, 3.63) is 58.4 Å². The first-order valence-corrected chi connectivity index (χ1v) is 7.68. The Kier molecular flexibility index (Phi) is 5.92. The van der Waals surface area contributed by atoms with Crippen LogP contribution in [0.3, 0.4) is 0 Å². The zero-order valence-electron chi connectivity index (χ0n) is 13.8. The van der Waals surface area contributed by atoms with Gasteiger partial charge in [-0.3, -0.25) is 4.79 Å². The summed E-state index contributed by atoms with van der Waals surface area (Å²) in [6.45, 7) is 1.51. The van der Waals surface area contributed by atoms with Crippen molar-refractivity contribution in [3.63, 3.8) is 0 Å². The van der Waals surface area contributed by atoms with Gasteiger partial charge in [0.15, 0.2) is 0 Å². The van der Waals surface area contributed by atoms with Crippen molar-refractivity contribution in [2.75, 3.05) is 5.32 Å². The summed E-state index contributed by atoms with van der Waals surface area (Å²) in [6.07, 6.45) is -3.93. The van der Waals surface area contributed by atoms with E-state index in [0.717, 1.165) is 6.07 Å². The molecule has 0 aliphatic rings. The van der Waals surface area contributed by atoms with E-state index in [9.17, 15) is 18.0 Å². The highest BCUT2D eigenvalue weighted by atomic mass is 35.5. The van der Waals surface area contributed by atoms with Gasteiger partial charge in [-0.1, -0.05) is 11.6 Å². The lowest BCUT2D eigenvalue weighted by Crippen LogP contribution is -2.16. The van der Waals surface area contributed by atoms with Crippen molar-refractivity contribution in [3.8, 4) is 17.7 Å². The zero-order valence-corrected chi connectivity index (χ0v) is 14.5. The third-order valence-corrected chi connectivity index (χ3v) is 3.54. The van der Waals surface area contributed by atoms with E-state index < -0.39 is 17.6 Å². The van der Waals surface area contributed by atoms with Crippen LogP contribution >= 0.6 is 11.6 Å². The number of hydrogen-bond acceptors (Lipinski definition) is 5. The number of aromatic nitrogens is 1. The molecule has 3 N–H and O–H groups in total. The van der Waals surface area contributed by atoms with E-state index in [1.54, 1.807) is 18.2 Å². The first kappa shape index (κ1) is 20.1. The van der Waals surface area contributed by atoms with Crippen LogP contribution in [0.5, 0.6) is 11.6 Å². The smallest absolute Gasteiger partial charge is 0.417 e. The second kappa shape index (κ2) is 7.97. The van der Waals surface area contributed by atoms with Crippen molar-refractivity contribution in [1.82, 2.24) is 4.98 Å². The molecule has 0 fully saturated rings. The Morgan fingerprint density at radius 3 is 2.44 bits per heavy atom. The predicted octanol–water partition coefficient (Wildman–Crippen LogP) is 4.24. The average molecular weight is 397 g/mol. The molecule has 1 amide bonds. The standard InChI is InChI=1S/C17H12ClF3N4O2/c1-9(13(7-22)15(23)26)25-11-2-4-12(5-3-11)27-16-14(18)6-10(8-24-16)17(19,20)21/h2-6,8,25H,1H3,(H2,23,26)/b13-9+. The summed E-state index contributed by atoms with van der Waals surface area (Å²) in [4.78, 5) is 14.7. The summed E-state index contributed by atoms with van der Waals surface area (Å²) in [7, 11) is 0. The van der Waals surface area contributed by atoms with Gasteiger partial charge in [0.2, 0.25) is 5.88 Å². The van der Waals surface area contributed by atoms with E-state index in [4.69, 9.17) is 27.3 Å². The van der Waals surface area contributed by atoms with Crippen LogP contribution in [0.2, 0.25) is 5.02 Å². The number of anilines is 1. The van der Waals surface area contributed by atoms with Crippen LogP contribution in [0.4, 0.5) is 18.9 Å². The lowest BCUT2D eigenvalue weighted by atomic mass is 10.2. The third-order valence-electron chi connectivity index (χ3n) is 3.27. The molecule has 6 nitrogen and oxygen atoms in total. The molecule has 1 aromatic heterocycles. The number of halogens is 4. The Balaban J connectivity index is 2.15. The summed E-state index contributed by atoms with van der Waals surface area (Å²) in [5.41, 5.74) is 4.70. The lowest BCUT2D eigenvalue weighted by molar-refractivity contribution is -0.137. The molecule has 0 aliphatic carbocycles. The Hall–Kier alpha value is -3.25. The number of benzene rings is 1. The SMILES string of the molecule is C/C(Nc1ccc(Oc2ncc(C(F)(F)F)cc2Cl)cc1)=C(/C#N)C(N)=O. The Morgan fingerprint density at radius 2 is 1.96 bits per heavy atom. The second-order valence-corrected chi connectivity index (χ2v) is 5.64. The van der Waals surface area contributed by atoms with Gasteiger partial charge in [0, 0.05) is 17.6 Å². The molecule has 0 unspecified atom stereocenters. The molecule has 27 heavy (non-hydrogen) atoms. The number of carbonyl (C=O) groups is 1. The van der Waals surface area contributed by atoms with Gasteiger partial charge in [-0.2, -0.15) is 18.4 Å². The van der Waals surface area contributed by atoms with E-state index in [1.807, 2.05) is 0 Å². The fraction of sp³-hybridized carbons (Fsp3) is 0.118. The van der Waals surface area contributed by atoms with Gasteiger partial charge in [-0.15, -0.1) is 0 Å². The number of alkyl halides is 3. The van der Waals surface area contributed by atoms with Crippen molar-refractivity contribution in [1.29, 1.82) is 5.26 Å². The number of pyridine rings is 1. The Labute approximate surface area is 157 Å². The molecule has 140 valence electrons. The van der Waals surface area contributed by atoms with E-state index in [2.05, 4.69) is 10.3 Å². The summed E-state index contributed by atoms with van der Waals surface area (Å²) >= 11 is 5.79. The largest absolute Gasteiger partial charge is 0.438 e. The highest BCUT2D eigenvalue weighted by Crippen LogP contribution is 2.34. The molecule has 10 heteroatoms. The van der Waals surface area contributed by atoms with Crippen molar-refractivity contribution >= 4 is 23.2 Å². The molecule has 0 saturated carbocycles. The van der Waals surface area contributed by atoms with Gasteiger partial charge in [-0.05, 0) is 37.3 Å². The molecule has 2 rings (SSSR count). The van der Waals surface area contributed by atoms with Gasteiger partial charge in [0.1, 0.15) is 22.4 Å². The Morgan fingerprint density at radius 1 is 1.33 bits per heavy atom.